The van der Waals surface area contributed by atoms with Crippen molar-refractivity contribution < 1.29 is 13.5 Å². The summed E-state index contributed by atoms with van der Waals surface area (Å²) in [6.45, 7) is 3.46. The molecular weight excluding hydrogens is 359 g/mol. The molecule has 6 nitrogen and oxygen atoms in total. The van der Waals surface area contributed by atoms with E-state index in [2.05, 4.69) is 20.5 Å². The number of hydrogen-bond donors (Lipinski definition) is 2. The number of halogens is 1. The molecule has 1 aromatic carbocycles. The number of rotatable bonds is 7. The van der Waals surface area contributed by atoms with E-state index in [0.29, 0.717) is 6.04 Å². The molecule has 152 valence electrons. The Bertz CT molecular complexity index is 756. The monoisotopic (exact) mass is 388 g/mol. The van der Waals surface area contributed by atoms with Crippen molar-refractivity contribution in [1.29, 1.82) is 0 Å². The van der Waals surface area contributed by atoms with Crippen LogP contribution in [0.15, 0.2) is 46.0 Å². The average molecular weight is 388 g/mol. The number of methoxy groups -OCH3 is 1. The molecule has 7 heteroatoms. The molecule has 0 saturated carbocycles. The average Bonchev–Trinajstić information content (AvgIpc) is 3.22. The summed E-state index contributed by atoms with van der Waals surface area (Å²) in [5.41, 5.74) is 0.972. The van der Waals surface area contributed by atoms with Crippen LogP contribution >= 0.6 is 0 Å². The second kappa shape index (κ2) is 10.1. The van der Waals surface area contributed by atoms with Crippen LogP contribution in [0.4, 0.5) is 4.39 Å². The topological polar surface area (TPSA) is 62.0 Å². The van der Waals surface area contributed by atoms with Gasteiger partial charge in [0.05, 0.1) is 13.4 Å². The van der Waals surface area contributed by atoms with Crippen molar-refractivity contribution in [3.63, 3.8) is 0 Å². The molecule has 2 aromatic rings. The summed E-state index contributed by atoms with van der Waals surface area (Å²) in [5.74, 6) is 1.77. The van der Waals surface area contributed by atoms with E-state index in [9.17, 15) is 4.39 Å². The maximum atomic E-state index is 13.9. The number of aliphatic imine (C=N–C) groups is 1. The third kappa shape index (κ3) is 5.73. The van der Waals surface area contributed by atoms with E-state index in [1.165, 1.54) is 7.11 Å². The predicted molar refractivity (Wildman–Crippen MR) is 108 cm³/mol. The van der Waals surface area contributed by atoms with E-state index >= 15 is 0 Å². The first-order valence-corrected chi connectivity index (χ1v) is 9.72. The fraction of sp³-hybridized carbons (Fsp3) is 0.476. The molecule has 1 saturated heterocycles. The molecule has 0 bridgehead atoms. The number of nitrogens with one attached hydrogen (secondary N) is 2. The van der Waals surface area contributed by atoms with Crippen molar-refractivity contribution in [3.05, 3.63) is 53.7 Å². The number of guanidine groups is 1. The summed E-state index contributed by atoms with van der Waals surface area (Å²) in [5, 5.41) is 6.83. The molecule has 0 atom stereocenters. The van der Waals surface area contributed by atoms with Crippen LogP contribution in [-0.4, -0.2) is 50.7 Å². The molecule has 3 rings (SSSR count). The van der Waals surface area contributed by atoms with Gasteiger partial charge in [0.25, 0.3) is 0 Å². The number of ether oxygens (including phenoxy) is 1. The van der Waals surface area contributed by atoms with Crippen LogP contribution < -0.4 is 15.4 Å². The first-order chi connectivity index (χ1) is 13.7. The summed E-state index contributed by atoms with van der Waals surface area (Å²) in [6, 6.07) is 9.44. The van der Waals surface area contributed by atoms with Crippen molar-refractivity contribution in [1.82, 2.24) is 15.5 Å². The quantitative estimate of drug-likeness (QED) is 0.564. The molecule has 1 fully saturated rings. The van der Waals surface area contributed by atoms with Gasteiger partial charge in [-0.25, -0.2) is 4.39 Å². The molecule has 0 aliphatic carbocycles. The Labute approximate surface area is 165 Å². The molecule has 1 aliphatic rings. The van der Waals surface area contributed by atoms with Crippen molar-refractivity contribution in [2.75, 3.05) is 33.8 Å². The summed E-state index contributed by atoms with van der Waals surface area (Å²) < 4.78 is 24.2. The van der Waals surface area contributed by atoms with Gasteiger partial charge in [-0.2, -0.15) is 0 Å². The molecule has 0 radical (unpaired) electrons. The van der Waals surface area contributed by atoms with E-state index < -0.39 is 0 Å². The molecule has 1 aromatic heterocycles. The zero-order chi connectivity index (χ0) is 19.8. The first kappa shape index (κ1) is 20.2. The van der Waals surface area contributed by atoms with Crippen molar-refractivity contribution in [2.24, 2.45) is 4.99 Å². The second-order valence-corrected chi connectivity index (χ2v) is 6.99. The summed E-state index contributed by atoms with van der Waals surface area (Å²) >= 11 is 0. The van der Waals surface area contributed by atoms with Crippen LogP contribution in [0.1, 0.15) is 24.2 Å². The van der Waals surface area contributed by atoms with Crippen molar-refractivity contribution in [2.45, 2.75) is 31.8 Å². The maximum absolute atomic E-state index is 13.9. The summed E-state index contributed by atoms with van der Waals surface area (Å²) in [4.78, 5) is 6.66. The summed E-state index contributed by atoms with van der Waals surface area (Å²) in [7, 11) is 3.27. The SMILES string of the molecule is CN=C(NCCc1ccco1)NC1CCN(Cc2ccc(OC)c(F)c2)CC1. The number of likely N-dealkylation sites (tertiary alicyclic amines) is 1. The smallest absolute Gasteiger partial charge is 0.191 e. The summed E-state index contributed by atoms with van der Waals surface area (Å²) in [6.07, 6.45) is 4.57. The molecule has 1 aliphatic heterocycles. The van der Waals surface area contributed by atoms with Crippen LogP contribution in [-0.2, 0) is 13.0 Å². The molecule has 28 heavy (non-hydrogen) atoms. The zero-order valence-corrected chi connectivity index (χ0v) is 16.6. The maximum Gasteiger partial charge on any atom is 0.191 e. The van der Waals surface area contributed by atoms with Gasteiger partial charge in [0, 0.05) is 45.7 Å². The number of benzene rings is 1. The highest BCUT2D eigenvalue weighted by Gasteiger charge is 2.20. The highest BCUT2D eigenvalue weighted by atomic mass is 19.1. The Kier molecular flexibility index (Phi) is 7.31. The van der Waals surface area contributed by atoms with Crippen LogP contribution in [0.25, 0.3) is 0 Å². The Hall–Kier alpha value is -2.54. The van der Waals surface area contributed by atoms with Crippen LogP contribution in [0.2, 0.25) is 0 Å². The predicted octanol–water partition coefficient (Wildman–Crippen LogP) is 2.80. The highest BCUT2D eigenvalue weighted by Crippen LogP contribution is 2.20. The molecule has 0 unspecified atom stereocenters. The number of furan rings is 1. The van der Waals surface area contributed by atoms with Crippen molar-refractivity contribution in [3.8, 4) is 5.75 Å². The number of piperidine rings is 1. The lowest BCUT2D eigenvalue weighted by atomic mass is 10.0. The first-order valence-electron chi connectivity index (χ1n) is 9.72. The fourth-order valence-electron chi connectivity index (χ4n) is 3.45. The van der Waals surface area contributed by atoms with Gasteiger partial charge in [-0.15, -0.1) is 0 Å². The van der Waals surface area contributed by atoms with Gasteiger partial charge in [0.1, 0.15) is 5.76 Å². The van der Waals surface area contributed by atoms with Crippen LogP contribution in [0.5, 0.6) is 5.75 Å². The molecular formula is C21H29FN4O2. The van der Waals surface area contributed by atoms with Crippen LogP contribution in [0, 0.1) is 5.82 Å². The Morgan fingerprint density at radius 1 is 1.32 bits per heavy atom. The lowest BCUT2D eigenvalue weighted by Crippen LogP contribution is -2.48. The molecule has 0 spiro atoms. The second-order valence-electron chi connectivity index (χ2n) is 6.99. The van der Waals surface area contributed by atoms with E-state index in [1.807, 2.05) is 18.2 Å². The van der Waals surface area contributed by atoms with Gasteiger partial charge in [0.15, 0.2) is 17.5 Å². The largest absolute Gasteiger partial charge is 0.494 e. The van der Waals surface area contributed by atoms with Gasteiger partial charge >= 0.3 is 0 Å². The number of hydrogen-bond acceptors (Lipinski definition) is 4. The molecule has 0 amide bonds. The van der Waals surface area contributed by atoms with Gasteiger partial charge in [-0.05, 0) is 42.7 Å². The third-order valence-electron chi connectivity index (χ3n) is 5.02. The lowest BCUT2D eigenvalue weighted by molar-refractivity contribution is 0.198. The zero-order valence-electron chi connectivity index (χ0n) is 16.6. The molecule has 2 N–H and O–H groups in total. The minimum atomic E-state index is -0.305. The van der Waals surface area contributed by atoms with E-state index in [0.717, 1.165) is 62.7 Å². The van der Waals surface area contributed by atoms with E-state index in [1.54, 1.807) is 25.4 Å². The fourth-order valence-corrected chi connectivity index (χ4v) is 3.45. The Balaban J connectivity index is 1.39. The van der Waals surface area contributed by atoms with Gasteiger partial charge in [-0.1, -0.05) is 6.07 Å². The van der Waals surface area contributed by atoms with Gasteiger partial charge < -0.3 is 19.8 Å². The lowest BCUT2D eigenvalue weighted by Gasteiger charge is -2.33. The Morgan fingerprint density at radius 2 is 2.14 bits per heavy atom. The van der Waals surface area contributed by atoms with E-state index in [-0.39, 0.29) is 11.6 Å². The van der Waals surface area contributed by atoms with Crippen molar-refractivity contribution >= 4 is 5.96 Å². The Morgan fingerprint density at radius 3 is 2.79 bits per heavy atom. The van der Waals surface area contributed by atoms with Gasteiger partial charge in [-0.3, -0.25) is 9.89 Å². The number of nitrogens with zero attached hydrogens (tertiary/aromatic N) is 2. The van der Waals surface area contributed by atoms with E-state index in [4.69, 9.17) is 9.15 Å². The molecule has 2 heterocycles. The third-order valence-corrected chi connectivity index (χ3v) is 5.02. The highest BCUT2D eigenvalue weighted by molar-refractivity contribution is 5.79. The minimum Gasteiger partial charge on any atom is -0.494 e. The minimum absolute atomic E-state index is 0.289. The van der Waals surface area contributed by atoms with Gasteiger partial charge in [0.2, 0.25) is 0 Å². The normalized spacial score (nSPS) is 16.2. The van der Waals surface area contributed by atoms with Crippen LogP contribution in [0.3, 0.4) is 0 Å². The standard InChI is InChI=1S/C21H29FN4O2/c1-23-21(24-10-7-18-4-3-13-28-18)25-17-8-11-26(12-9-17)15-16-5-6-20(27-2)19(22)14-16/h3-6,13-14,17H,7-12,15H2,1-2H3,(H2,23,24,25).